The highest BCUT2D eigenvalue weighted by molar-refractivity contribution is 6.14. The second-order valence-electron chi connectivity index (χ2n) is 15.3. The zero-order valence-corrected chi connectivity index (χ0v) is 33.2. The van der Waals surface area contributed by atoms with Crippen LogP contribution in [0.15, 0.2) is 218 Å². The zero-order chi connectivity index (χ0) is 50.1. The van der Waals surface area contributed by atoms with Crippen LogP contribution in [0.5, 0.6) is 0 Å². The van der Waals surface area contributed by atoms with E-state index in [9.17, 15) is 0 Å². The van der Waals surface area contributed by atoms with Gasteiger partial charge in [0.15, 0.2) is 17.5 Å². The highest BCUT2D eigenvalue weighted by atomic mass is 15.0. The first kappa shape index (κ1) is 26.6. The SMILES string of the molecule is [2H]c1c([2H])c([2H])c(-c2nc(-c3ccc(-n4c5ccc(-n6c7ccccc7c7ccccc76)cc5c5cc(-n6c7ccccc7c7ccccc76)ccc54)cc3)nc(-c3c([2H])c([2H])c([2H])c([2H])c3[2H])n2)c([2H])c1[2H]. The quantitative estimate of drug-likeness (QED) is 0.168. The summed E-state index contributed by atoms with van der Waals surface area (Å²) in [5.41, 5.74) is 8.83. The largest absolute Gasteiger partial charge is 0.309 e. The van der Waals surface area contributed by atoms with Crippen LogP contribution < -0.4 is 0 Å². The minimum absolute atomic E-state index is 0.0148. The average Bonchev–Trinajstić information content (AvgIpc) is 4.06. The number of fused-ring (bicyclic) bond motifs is 9. The molecule has 0 saturated carbocycles. The molecule has 13 rings (SSSR count). The molecule has 0 radical (unpaired) electrons. The van der Waals surface area contributed by atoms with Gasteiger partial charge in [-0.15, -0.1) is 0 Å². The first-order chi connectivity index (χ1) is 35.4. The van der Waals surface area contributed by atoms with Crippen LogP contribution in [-0.2, 0) is 0 Å². The van der Waals surface area contributed by atoms with Gasteiger partial charge in [-0.2, -0.15) is 0 Å². The van der Waals surface area contributed by atoms with Crippen molar-refractivity contribution in [2.45, 2.75) is 0 Å². The fourth-order valence-corrected chi connectivity index (χ4v) is 9.17. The van der Waals surface area contributed by atoms with Crippen LogP contribution >= 0.6 is 0 Å². The van der Waals surface area contributed by atoms with Gasteiger partial charge in [-0.05, 0) is 84.9 Å². The van der Waals surface area contributed by atoms with E-state index in [1.807, 2.05) is 12.1 Å². The van der Waals surface area contributed by atoms with Crippen LogP contribution in [0.3, 0.4) is 0 Å². The molecular weight excluding hydrogens is 769 g/mol. The van der Waals surface area contributed by atoms with Crippen LogP contribution in [0.1, 0.15) is 13.7 Å². The number of hydrogen-bond donors (Lipinski definition) is 0. The van der Waals surface area contributed by atoms with Crippen molar-refractivity contribution in [3.8, 4) is 51.2 Å². The number of benzene rings is 9. The Morgan fingerprint density at radius 1 is 0.286 bits per heavy atom. The minimum atomic E-state index is -0.609. The maximum atomic E-state index is 8.76. The molecule has 0 spiro atoms. The molecule has 4 aromatic heterocycles. The van der Waals surface area contributed by atoms with Crippen molar-refractivity contribution in [1.29, 1.82) is 0 Å². The topological polar surface area (TPSA) is 53.5 Å². The first-order valence-corrected chi connectivity index (χ1v) is 20.5. The van der Waals surface area contributed by atoms with Gasteiger partial charge in [0.25, 0.3) is 0 Å². The smallest absolute Gasteiger partial charge is 0.164 e. The third kappa shape index (κ3) is 5.55. The van der Waals surface area contributed by atoms with Crippen molar-refractivity contribution in [2.75, 3.05) is 0 Å². The molecule has 0 saturated heterocycles. The number of nitrogens with zero attached hydrogens (tertiary/aromatic N) is 6. The molecule has 6 nitrogen and oxygen atoms in total. The van der Waals surface area contributed by atoms with E-state index in [0.717, 1.165) is 82.5 Å². The second kappa shape index (κ2) is 14.0. The molecule has 9 aromatic carbocycles. The maximum Gasteiger partial charge on any atom is 0.164 e. The van der Waals surface area contributed by atoms with Gasteiger partial charge in [-0.3, -0.25) is 0 Å². The lowest BCUT2D eigenvalue weighted by Crippen LogP contribution is -2.00. The Morgan fingerprint density at radius 2 is 0.603 bits per heavy atom. The van der Waals surface area contributed by atoms with Crippen LogP contribution in [0.4, 0.5) is 0 Å². The maximum absolute atomic E-state index is 8.76. The van der Waals surface area contributed by atoms with Gasteiger partial charge in [0.05, 0.1) is 46.8 Å². The standard InChI is InChI=1S/C57H36N6/c1-3-15-37(16-4-1)55-58-56(38-17-5-2-6-18-38)60-57(59-55)39-27-29-40(30-28-39)61-53-33-31-41(62-49-23-11-7-19-43(49)44-20-8-12-24-50(44)62)35-47(53)48-36-42(32-34-54(48)61)63-51-25-13-9-21-45(51)46-22-10-14-26-52(46)63/h1-36H/i1D,2D,3D,4D,5D,6D,15D,16D,17D,18D. The summed E-state index contributed by atoms with van der Waals surface area (Å²) in [6.07, 6.45) is 0. The summed E-state index contributed by atoms with van der Waals surface area (Å²) in [5.74, 6) is -0.666. The Kier molecular flexibility index (Phi) is 5.89. The minimum Gasteiger partial charge on any atom is -0.309 e. The Labute approximate surface area is 376 Å². The highest BCUT2D eigenvalue weighted by Gasteiger charge is 2.20. The summed E-state index contributed by atoms with van der Waals surface area (Å²) in [6, 6.07) is 48.3. The fourth-order valence-electron chi connectivity index (χ4n) is 9.17. The molecule has 63 heavy (non-hydrogen) atoms. The summed E-state index contributed by atoms with van der Waals surface area (Å²) < 4.78 is 91.8. The Bertz CT molecular complexity index is 4100. The van der Waals surface area contributed by atoms with Gasteiger partial charge in [0.1, 0.15) is 0 Å². The second-order valence-corrected chi connectivity index (χ2v) is 15.3. The molecular formula is C57H36N6. The number of hydrogen-bond acceptors (Lipinski definition) is 3. The number of para-hydroxylation sites is 4. The Balaban J connectivity index is 1.03. The molecule has 0 aliphatic heterocycles. The monoisotopic (exact) mass is 814 g/mol. The highest BCUT2D eigenvalue weighted by Crippen LogP contribution is 2.40. The van der Waals surface area contributed by atoms with E-state index in [2.05, 4.69) is 162 Å². The van der Waals surface area contributed by atoms with E-state index in [1.165, 1.54) is 0 Å². The summed E-state index contributed by atoms with van der Waals surface area (Å²) in [6.45, 7) is 0. The van der Waals surface area contributed by atoms with Crippen LogP contribution in [-0.4, -0.2) is 28.7 Å². The molecule has 0 unspecified atom stereocenters. The normalized spacial score (nSPS) is 14.0. The van der Waals surface area contributed by atoms with Crippen molar-refractivity contribution in [3.05, 3.63) is 218 Å². The molecule has 0 atom stereocenters. The van der Waals surface area contributed by atoms with Crippen molar-refractivity contribution in [2.24, 2.45) is 0 Å². The van der Waals surface area contributed by atoms with Crippen molar-refractivity contribution < 1.29 is 13.7 Å². The Hall–Kier alpha value is -8.61. The third-order valence-electron chi connectivity index (χ3n) is 11.9. The van der Waals surface area contributed by atoms with Gasteiger partial charge in [-0.1, -0.05) is 133 Å². The van der Waals surface area contributed by atoms with Crippen LogP contribution in [0, 0.1) is 0 Å². The molecule has 4 heterocycles. The van der Waals surface area contributed by atoms with E-state index < -0.39 is 60.4 Å². The van der Waals surface area contributed by atoms with Crippen LogP contribution in [0.25, 0.3) is 117 Å². The molecule has 6 heteroatoms. The van der Waals surface area contributed by atoms with Gasteiger partial charge in [0.2, 0.25) is 0 Å². The zero-order valence-electron chi connectivity index (χ0n) is 43.2. The predicted octanol–water partition coefficient (Wildman–Crippen LogP) is 14.2. The third-order valence-corrected chi connectivity index (χ3v) is 11.9. The fraction of sp³-hybridized carbons (Fsp3) is 0. The molecule has 0 aliphatic carbocycles. The van der Waals surface area contributed by atoms with Crippen molar-refractivity contribution in [1.82, 2.24) is 28.7 Å². The van der Waals surface area contributed by atoms with Crippen molar-refractivity contribution >= 4 is 65.4 Å². The van der Waals surface area contributed by atoms with E-state index in [1.54, 1.807) is 12.1 Å². The molecule has 294 valence electrons. The average molecular weight is 815 g/mol. The molecule has 0 aliphatic rings. The summed E-state index contributed by atoms with van der Waals surface area (Å²) >= 11 is 0. The molecule has 0 fully saturated rings. The lowest BCUT2D eigenvalue weighted by Gasteiger charge is -2.12. The Morgan fingerprint density at radius 3 is 1.00 bits per heavy atom. The predicted molar refractivity (Wildman–Crippen MR) is 259 cm³/mol. The van der Waals surface area contributed by atoms with E-state index in [0.29, 0.717) is 5.56 Å². The van der Waals surface area contributed by atoms with Gasteiger partial charge in [-0.25, -0.2) is 15.0 Å². The van der Waals surface area contributed by atoms with Gasteiger partial charge in [0, 0.05) is 66.1 Å². The van der Waals surface area contributed by atoms with Gasteiger partial charge >= 0.3 is 0 Å². The van der Waals surface area contributed by atoms with Crippen LogP contribution in [0.2, 0.25) is 0 Å². The lowest BCUT2D eigenvalue weighted by molar-refractivity contribution is 1.07. The van der Waals surface area contributed by atoms with E-state index in [-0.39, 0.29) is 28.6 Å². The number of aromatic nitrogens is 6. The molecule has 13 aromatic rings. The lowest BCUT2D eigenvalue weighted by atomic mass is 10.1. The number of rotatable bonds is 6. The summed E-state index contributed by atoms with van der Waals surface area (Å²) in [7, 11) is 0. The van der Waals surface area contributed by atoms with E-state index >= 15 is 0 Å². The summed E-state index contributed by atoms with van der Waals surface area (Å²) in [4.78, 5) is 13.7. The molecule has 0 bridgehead atoms. The van der Waals surface area contributed by atoms with Gasteiger partial charge < -0.3 is 13.7 Å². The molecule has 0 N–H and O–H groups in total. The first-order valence-electron chi connectivity index (χ1n) is 25.5. The van der Waals surface area contributed by atoms with E-state index in [4.69, 9.17) is 13.7 Å². The summed E-state index contributed by atoms with van der Waals surface area (Å²) in [5, 5.41) is 6.68. The van der Waals surface area contributed by atoms with Crippen molar-refractivity contribution in [3.63, 3.8) is 0 Å². The molecule has 0 amide bonds.